The van der Waals surface area contributed by atoms with Gasteiger partial charge >= 0.3 is 5.97 Å². The minimum Gasteiger partial charge on any atom is -0.487 e. The van der Waals surface area contributed by atoms with Crippen LogP contribution in [0, 0.1) is 5.82 Å². The normalized spacial score (nSPS) is 10.2. The molecule has 2 aromatic carbocycles. The minimum atomic E-state index is -0.471. The standard InChI is InChI=1S/C15H13BrFNO3/c1-20-15(19)9-5-6-13(12(18)7-9)21-8-10-3-2-4-11(17)14(10)16/h2-7H,8,18H2,1H3. The van der Waals surface area contributed by atoms with Crippen molar-refractivity contribution in [3.63, 3.8) is 0 Å². The second kappa shape index (κ2) is 6.58. The highest BCUT2D eigenvalue weighted by molar-refractivity contribution is 9.10. The predicted octanol–water partition coefficient (Wildman–Crippen LogP) is 3.54. The average Bonchev–Trinajstić information content (AvgIpc) is 2.49. The van der Waals surface area contributed by atoms with Gasteiger partial charge in [-0.15, -0.1) is 0 Å². The van der Waals surface area contributed by atoms with Crippen LogP contribution in [0.3, 0.4) is 0 Å². The van der Waals surface area contributed by atoms with Crippen LogP contribution < -0.4 is 10.5 Å². The molecule has 4 nitrogen and oxygen atoms in total. The van der Waals surface area contributed by atoms with E-state index in [0.717, 1.165) is 0 Å². The molecular formula is C15H13BrFNO3. The Balaban J connectivity index is 2.13. The van der Waals surface area contributed by atoms with Crippen molar-refractivity contribution in [1.82, 2.24) is 0 Å². The van der Waals surface area contributed by atoms with Crippen molar-refractivity contribution in [1.29, 1.82) is 0 Å². The highest BCUT2D eigenvalue weighted by Gasteiger charge is 2.10. The molecule has 6 heteroatoms. The lowest BCUT2D eigenvalue weighted by Crippen LogP contribution is -2.04. The quantitative estimate of drug-likeness (QED) is 0.674. The van der Waals surface area contributed by atoms with Gasteiger partial charge in [0.1, 0.15) is 18.2 Å². The number of benzene rings is 2. The van der Waals surface area contributed by atoms with Gasteiger partial charge in [-0.05, 0) is 40.2 Å². The molecule has 0 fully saturated rings. The van der Waals surface area contributed by atoms with Gasteiger partial charge in [-0.3, -0.25) is 0 Å². The van der Waals surface area contributed by atoms with E-state index < -0.39 is 5.97 Å². The largest absolute Gasteiger partial charge is 0.487 e. The van der Waals surface area contributed by atoms with E-state index in [9.17, 15) is 9.18 Å². The Bertz CT molecular complexity index is 676. The van der Waals surface area contributed by atoms with E-state index >= 15 is 0 Å². The zero-order valence-electron chi connectivity index (χ0n) is 11.2. The number of rotatable bonds is 4. The van der Waals surface area contributed by atoms with Crippen LogP contribution >= 0.6 is 15.9 Å². The molecule has 2 N–H and O–H groups in total. The summed E-state index contributed by atoms with van der Waals surface area (Å²) in [5, 5.41) is 0. The fourth-order valence-corrected chi connectivity index (χ4v) is 2.12. The van der Waals surface area contributed by atoms with Gasteiger partial charge in [-0.2, -0.15) is 0 Å². The SMILES string of the molecule is COC(=O)c1ccc(OCc2cccc(F)c2Br)c(N)c1. The van der Waals surface area contributed by atoms with E-state index in [2.05, 4.69) is 20.7 Å². The third-order valence-electron chi connectivity index (χ3n) is 2.85. The summed E-state index contributed by atoms with van der Waals surface area (Å²) in [5.74, 6) is -0.412. The molecule has 0 heterocycles. The molecule has 0 aliphatic carbocycles. The predicted molar refractivity (Wildman–Crippen MR) is 80.6 cm³/mol. The Hall–Kier alpha value is -2.08. The zero-order valence-corrected chi connectivity index (χ0v) is 12.8. The molecule has 0 unspecified atom stereocenters. The van der Waals surface area contributed by atoms with Crippen molar-refractivity contribution in [2.24, 2.45) is 0 Å². The summed E-state index contributed by atoms with van der Waals surface area (Å²) in [5.41, 5.74) is 7.14. The lowest BCUT2D eigenvalue weighted by atomic mass is 10.2. The Morgan fingerprint density at radius 2 is 2.10 bits per heavy atom. The number of nitrogens with two attached hydrogens (primary N) is 1. The minimum absolute atomic E-state index is 0.153. The zero-order chi connectivity index (χ0) is 15.4. The van der Waals surface area contributed by atoms with Crippen LogP contribution in [0.5, 0.6) is 5.75 Å². The molecule has 0 saturated heterocycles. The summed E-state index contributed by atoms with van der Waals surface area (Å²) in [4.78, 5) is 11.4. The molecule has 110 valence electrons. The van der Waals surface area contributed by atoms with Crippen LogP contribution in [0.2, 0.25) is 0 Å². The second-order valence-corrected chi connectivity index (χ2v) is 5.04. The van der Waals surface area contributed by atoms with Crippen LogP contribution in [-0.2, 0) is 11.3 Å². The summed E-state index contributed by atoms with van der Waals surface area (Å²) >= 11 is 3.16. The molecule has 0 aliphatic rings. The van der Waals surface area contributed by atoms with Crippen LogP contribution in [0.15, 0.2) is 40.9 Å². The molecule has 2 rings (SSSR count). The number of halogens is 2. The molecule has 0 aromatic heterocycles. The van der Waals surface area contributed by atoms with Crippen molar-refractivity contribution in [3.8, 4) is 5.75 Å². The topological polar surface area (TPSA) is 61.5 Å². The number of methoxy groups -OCH3 is 1. The smallest absolute Gasteiger partial charge is 0.337 e. The summed E-state index contributed by atoms with van der Waals surface area (Å²) in [6, 6.07) is 9.30. The monoisotopic (exact) mass is 353 g/mol. The van der Waals surface area contributed by atoms with Gasteiger partial charge in [0.25, 0.3) is 0 Å². The van der Waals surface area contributed by atoms with E-state index in [1.807, 2.05) is 0 Å². The maximum atomic E-state index is 13.4. The van der Waals surface area contributed by atoms with Crippen molar-refractivity contribution in [2.45, 2.75) is 6.61 Å². The first-order chi connectivity index (χ1) is 10.0. The van der Waals surface area contributed by atoms with Gasteiger partial charge in [0.2, 0.25) is 0 Å². The Kier molecular flexibility index (Phi) is 4.80. The highest BCUT2D eigenvalue weighted by atomic mass is 79.9. The first-order valence-corrected chi connectivity index (χ1v) is 6.85. The van der Waals surface area contributed by atoms with Crippen LogP contribution in [0.4, 0.5) is 10.1 Å². The number of esters is 1. The number of ether oxygens (including phenoxy) is 2. The van der Waals surface area contributed by atoms with Crippen molar-refractivity contribution in [3.05, 3.63) is 57.8 Å². The number of carbonyl (C=O) groups excluding carboxylic acids is 1. The van der Waals surface area contributed by atoms with Crippen molar-refractivity contribution in [2.75, 3.05) is 12.8 Å². The number of hydrogen-bond acceptors (Lipinski definition) is 4. The Morgan fingerprint density at radius 1 is 1.33 bits per heavy atom. The van der Waals surface area contributed by atoms with Crippen molar-refractivity contribution >= 4 is 27.6 Å². The first-order valence-electron chi connectivity index (χ1n) is 6.06. The fraction of sp³-hybridized carbons (Fsp3) is 0.133. The van der Waals surface area contributed by atoms with E-state index in [4.69, 9.17) is 10.5 Å². The summed E-state index contributed by atoms with van der Waals surface area (Å²) < 4.78 is 23.9. The number of hydrogen-bond donors (Lipinski definition) is 1. The first kappa shape index (κ1) is 15.3. The lowest BCUT2D eigenvalue weighted by Gasteiger charge is -2.11. The molecule has 0 atom stereocenters. The van der Waals surface area contributed by atoms with Crippen LogP contribution in [0.25, 0.3) is 0 Å². The molecule has 0 aliphatic heterocycles. The second-order valence-electron chi connectivity index (χ2n) is 4.25. The summed E-state index contributed by atoms with van der Waals surface area (Å²) in [6.07, 6.45) is 0. The average molecular weight is 354 g/mol. The van der Waals surface area contributed by atoms with Gasteiger partial charge in [0.05, 0.1) is 22.8 Å². The Labute approximate surface area is 129 Å². The van der Waals surface area contributed by atoms with Crippen LogP contribution in [-0.4, -0.2) is 13.1 Å². The van der Waals surface area contributed by atoms with Crippen molar-refractivity contribution < 1.29 is 18.7 Å². The van der Waals surface area contributed by atoms with Crippen LogP contribution in [0.1, 0.15) is 15.9 Å². The summed E-state index contributed by atoms with van der Waals surface area (Å²) in [6.45, 7) is 0.153. The molecular weight excluding hydrogens is 341 g/mol. The molecule has 0 radical (unpaired) electrons. The fourth-order valence-electron chi connectivity index (χ4n) is 1.74. The number of anilines is 1. The van der Waals surface area contributed by atoms with E-state index in [0.29, 0.717) is 27.0 Å². The van der Waals surface area contributed by atoms with E-state index in [1.165, 1.54) is 19.2 Å². The van der Waals surface area contributed by atoms with Gasteiger partial charge in [0, 0.05) is 5.56 Å². The number of carbonyl (C=O) groups is 1. The van der Waals surface area contributed by atoms with Gasteiger partial charge in [-0.1, -0.05) is 12.1 Å². The third kappa shape index (κ3) is 3.52. The Morgan fingerprint density at radius 3 is 2.76 bits per heavy atom. The maximum Gasteiger partial charge on any atom is 0.337 e. The lowest BCUT2D eigenvalue weighted by molar-refractivity contribution is 0.0600. The van der Waals surface area contributed by atoms with Gasteiger partial charge < -0.3 is 15.2 Å². The summed E-state index contributed by atoms with van der Waals surface area (Å²) in [7, 11) is 1.30. The molecule has 0 bridgehead atoms. The van der Waals surface area contributed by atoms with Gasteiger partial charge in [0.15, 0.2) is 0 Å². The van der Waals surface area contributed by atoms with E-state index in [1.54, 1.807) is 24.3 Å². The molecule has 0 amide bonds. The molecule has 21 heavy (non-hydrogen) atoms. The molecule has 2 aromatic rings. The molecule has 0 saturated carbocycles. The van der Waals surface area contributed by atoms with Gasteiger partial charge in [-0.25, -0.2) is 9.18 Å². The third-order valence-corrected chi connectivity index (χ3v) is 3.73. The van der Waals surface area contributed by atoms with E-state index in [-0.39, 0.29) is 12.4 Å². The maximum absolute atomic E-state index is 13.4. The molecule has 0 spiro atoms. The highest BCUT2D eigenvalue weighted by Crippen LogP contribution is 2.26. The number of nitrogen functional groups attached to an aromatic ring is 1.